The molecule has 0 saturated heterocycles. The van der Waals surface area contributed by atoms with E-state index in [1.54, 1.807) is 19.1 Å². The molecule has 2 unspecified atom stereocenters. The van der Waals surface area contributed by atoms with Gasteiger partial charge in [0.05, 0.1) is 6.10 Å². The first-order valence-corrected chi connectivity index (χ1v) is 5.67. The van der Waals surface area contributed by atoms with Crippen LogP contribution in [-0.4, -0.2) is 22.7 Å². The Morgan fingerprint density at radius 3 is 2.78 bits per heavy atom. The van der Waals surface area contributed by atoms with Gasteiger partial charge in [-0.05, 0) is 38.5 Å². The van der Waals surface area contributed by atoms with E-state index in [2.05, 4.69) is 0 Å². The van der Waals surface area contributed by atoms with Crippen LogP contribution in [0.2, 0.25) is 0 Å². The summed E-state index contributed by atoms with van der Waals surface area (Å²) in [6, 6.07) is 4.52. The fourth-order valence-corrected chi connectivity index (χ4v) is 1.64. The van der Waals surface area contributed by atoms with Crippen molar-refractivity contribution in [2.75, 3.05) is 0 Å². The molecule has 5 heteroatoms. The smallest absolute Gasteiger partial charge is 0.323 e. The summed E-state index contributed by atoms with van der Waals surface area (Å²) in [4.78, 5) is 10.9. The lowest BCUT2D eigenvalue weighted by Gasteiger charge is -2.24. The van der Waals surface area contributed by atoms with E-state index in [1.165, 1.54) is 13.0 Å². The molecule has 0 spiro atoms. The van der Waals surface area contributed by atoms with E-state index in [0.717, 1.165) is 5.56 Å². The summed E-state index contributed by atoms with van der Waals surface area (Å²) in [6.07, 6.45) is -0.400. The zero-order valence-corrected chi connectivity index (χ0v) is 10.7. The second kappa shape index (κ2) is 5.35. The third-order valence-corrected chi connectivity index (χ3v) is 2.61. The van der Waals surface area contributed by atoms with Crippen molar-refractivity contribution >= 4 is 5.97 Å². The normalized spacial score (nSPS) is 15.8. The minimum atomic E-state index is -1.39. The second-order valence-corrected chi connectivity index (χ2v) is 4.79. The van der Waals surface area contributed by atoms with Crippen molar-refractivity contribution in [3.05, 3.63) is 29.6 Å². The third kappa shape index (κ3) is 3.70. The highest BCUT2D eigenvalue weighted by atomic mass is 19.1. The summed E-state index contributed by atoms with van der Waals surface area (Å²) in [5.74, 6) is -1.46. The fourth-order valence-electron chi connectivity index (χ4n) is 1.64. The lowest BCUT2D eigenvalue weighted by atomic mass is 9.96. The van der Waals surface area contributed by atoms with Crippen LogP contribution in [0, 0.1) is 12.7 Å². The van der Waals surface area contributed by atoms with Gasteiger partial charge in [0, 0.05) is 6.42 Å². The van der Waals surface area contributed by atoms with Crippen molar-refractivity contribution in [1.82, 2.24) is 0 Å². The number of aryl methyl sites for hydroxylation is 1. The van der Waals surface area contributed by atoms with Gasteiger partial charge in [-0.25, -0.2) is 4.39 Å². The highest BCUT2D eigenvalue weighted by Crippen LogP contribution is 2.22. The molecule has 0 aliphatic rings. The zero-order chi connectivity index (χ0) is 13.9. The van der Waals surface area contributed by atoms with Crippen molar-refractivity contribution < 1.29 is 19.0 Å². The molecule has 0 fully saturated rings. The predicted molar refractivity (Wildman–Crippen MR) is 66.1 cm³/mol. The number of nitrogens with two attached hydrogens (primary N) is 1. The quantitative estimate of drug-likeness (QED) is 0.845. The van der Waals surface area contributed by atoms with Crippen LogP contribution in [0.1, 0.15) is 25.8 Å². The van der Waals surface area contributed by atoms with Gasteiger partial charge in [-0.1, -0.05) is 6.07 Å². The Labute approximate surface area is 106 Å². The summed E-state index contributed by atoms with van der Waals surface area (Å²) in [5.41, 5.74) is 5.09. The maximum absolute atomic E-state index is 13.4. The van der Waals surface area contributed by atoms with Crippen molar-refractivity contribution in [1.29, 1.82) is 0 Å². The van der Waals surface area contributed by atoms with Crippen molar-refractivity contribution in [2.24, 2.45) is 5.73 Å². The fraction of sp³-hybridized carbons (Fsp3) is 0.462. The maximum atomic E-state index is 13.4. The molecule has 0 bridgehead atoms. The predicted octanol–water partition coefficient (Wildman–Crippen LogP) is 2.09. The number of rotatable bonds is 5. The molecule has 1 aromatic carbocycles. The molecule has 18 heavy (non-hydrogen) atoms. The Morgan fingerprint density at radius 1 is 1.61 bits per heavy atom. The Kier molecular flexibility index (Phi) is 4.29. The van der Waals surface area contributed by atoms with E-state index in [0.29, 0.717) is 0 Å². The van der Waals surface area contributed by atoms with Crippen molar-refractivity contribution in [3.8, 4) is 5.75 Å². The van der Waals surface area contributed by atoms with E-state index in [9.17, 15) is 9.18 Å². The van der Waals surface area contributed by atoms with E-state index in [-0.39, 0.29) is 12.2 Å². The number of carboxylic acids is 1. The average molecular weight is 255 g/mol. The number of hydrogen-bond acceptors (Lipinski definition) is 3. The number of benzene rings is 1. The molecular formula is C13H18FNO3. The lowest BCUT2D eigenvalue weighted by molar-refractivity contribution is -0.143. The summed E-state index contributed by atoms with van der Waals surface area (Å²) in [7, 11) is 0. The Hall–Kier alpha value is -1.62. The molecule has 1 aromatic rings. The summed E-state index contributed by atoms with van der Waals surface area (Å²) in [5, 5.41) is 8.90. The summed E-state index contributed by atoms with van der Waals surface area (Å²) >= 11 is 0. The van der Waals surface area contributed by atoms with Crippen LogP contribution >= 0.6 is 0 Å². The highest BCUT2D eigenvalue weighted by Gasteiger charge is 2.30. The molecule has 0 saturated carbocycles. The van der Waals surface area contributed by atoms with Crippen LogP contribution in [0.25, 0.3) is 0 Å². The molecule has 1 rings (SSSR count). The van der Waals surface area contributed by atoms with Gasteiger partial charge in [0.25, 0.3) is 0 Å². The van der Waals surface area contributed by atoms with Gasteiger partial charge in [-0.15, -0.1) is 0 Å². The number of carboxylic acid groups (broad SMARTS) is 1. The van der Waals surface area contributed by atoms with Crippen LogP contribution in [0.5, 0.6) is 5.75 Å². The Morgan fingerprint density at radius 2 is 2.22 bits per heavy atom. The molecule has 0 heterocycles. The van der Waals surface area contributed by atoms with Crippen LogP contribution in [0.3, 0.4) is 0 Å². The van der Waals surface area contributed by atoms with Gasteiger partial charge >= 0.3 is 5.97 Å². The van der Waals surface area contributed by atoms with Gasteiger partial charge in [0.2, 0.25) is 0 Å². The van der Waals surface area contributed by atoms with E-state index >= 15 is 0 Å². The average Bonchev–Trinajstić information content (AvgIpc) is 2.22. The van der Waals surface area contributed by atoms with Gasteiger partial charge < -0.3 is 15.6 Å². The molecule has 0 amide bonds. The molecule has 0 aromatic heterocycles. The van der Waals surface area contributed by atoms with Gasteiger partial charge in [-0.2, -0.15) is 0 Å². The molecule has 0 aliphatic carbocycles. The molecule has 100 valence electrons. The third-order valence-electron chi connectivity index (χ3n) is 2.61. The minimum Gasteiger partial charge on any atom is -0.488 e. The van der Waals surface area contributed by atoms with Crippen LogP contribution < -0.4 is 10.5 Å². The van der Waals surface area contributed by atoms with E-state index in [1.807, 2.05) is 6.92 Å². The van der Waals surface area contributed by atoms with Gasteiger partial charge in [-0.3, -0.25) is 4.79 Å². The minimum absolute atomic E-state index is 0.0930. The number of hydrogen-bond donors (Lipinski definition) is 2. The Balaban J connectivity index is 2.73. The molecule has 0 aliphatic heterocycles. The maximum Gasteiger partial charge on any atom is 0.323 e. The number of halogens is 1. The van der Waals surface area contributed by atoms with Crippen LogP contribution in [0.15, 0.2) is 18.2 Å². The topological polar surface area (TPSA) is 72.5 Å². The first kappa shape index (κ1) is 14.4. The van der Waals surface area contributed by atoms with Gasteiger partial charge in [0.1, 0.15) is 5.54 Å². The summed E-state index contributed by atoms with van der Waals surface area (Å²) in [6.45, 7) is 4.89. The molecule has 2 atom stereocenters. The summed E-state index contributed by atoms with van der Waals surface area (Å²) < 4.78 is 18.8. The van der Waals surface area contributed by atoms with Crippen LogP contribution in [-0.2, 0) is 4.79 Å². The zero-order valence-electron chi connectivity index (χ0n) is 10.7. The standard InChI is InChI=1S/C13H18FNO3/c1-8-4-5-10(14)11(6-8)18-9(2)7-13(3,15)12(16)17/h4-6,9H,7,15H2,1-3H3,(H,16,17). The van der Waals surface area contributed by atoms with E-state index < -0.39 is 23.4 Å². The first-order chi connectivity index (χ1) is 8.22. The molecule has 0 radical (unpaired) electrons. The number of aliphatic carboxylic acids is 1. The lowest BCUT2D eigenvalue weighted by Crippen LogP contribution is -2.47. The molecule has 4 nitrogen and oxygen atoms in total. The van der Waals surface area contributed by atoms with Gasteiger partial charge in [0.15, 0.2) is 11.6 Å². The SMILES string of the molecule is Cc1ccc(F)c(OC(C)CC(C)(N)C(=O)O)c1. The second-order valence-electron chi connectivity index (χ2n) is 4.79. The highest BCUT2D eigenvalue weighted by molar-refractivity contribution is 5.77. The Bertz CT molecular complexity index is 446. The molecular weight excluding hydrogens is 237 g/mol. The van der Waals surface area contributed by atoms with E-state index in [4.69, 9.17) is 15.6 Å². The number of carbonyl (C=O) groups is 1. The van der Waals surface area contributed by atoms with Crippen LogP contribution in [0.4, 0.5) is 4.39 Å². The molecule has 3 N–H and O–H groups in total. The first-order valence-electron chi connectivity index (χ1n) is 5.67. The van der Waals surface area contributed by atoms with Crippen molar-refractivity contribution in [3.63, 3.8) is 0 Å². The largest absolute Gasteiger partial charge is 0.488 e. The monoisotopic (exact) mass is 255 g/mol. The van der Waals surface area contributed by atoms with Crippen molar-refractivity contribution in [2.45, 2.75) is 38.8 Å². The number of ether oxygens (including phenoxy) is 1.